The molecule has 9 nitrogen and oxygen atoms in total. The monoisotopic (exact) mass is 380 g/mol. The zero-order valence-electron chi connectivity index (χ0n) is 15.4. The molecule has 4 rings (SSSR count). The molecule has 0 atom stereocenters. The molecule has 1 saturated heterocycles. The van der Waals surface area contributed by atoms with Gasteiger partial charge in [0.25, 0.3) is 5.91 Å². The Bertz CT molecular complexity index is 1000. The minimum absolute atomic E-state index is 0.0817. The average molecular weight is 380 g/mol. The fourth-order valence-corrected chi connectivity index (χ4v) is 3.47. The molecule has 1 aromatic carbocycles. The van der Waals surface area contributed by atoms with E-state index in [1.54, 1.807) is 20.5 Å². The Labute approximate surface area is 161 Å². The van der Waals surface area contributed by atoms with Crippen LogP contribution in [0.2, 0.25) is 0 Å². The number of hydrogen-bond acceptors (Lipinski definition) is 5. The molecule has 0 unspecified atom stereocenters. The number of likely N-dealkylation sites (tertiary alicyclic amines) is 1. The maximum Gasteiger partial charge on any atom is 0.338 e. The molecule has 0 aliphatic carbocycles. The van der Waals surface area contributed by atoms with Gasteiger partial charge in [-0.05, 0) is 31.9 Å². The molecule has 2 aromatic heterocycles. The largest absolute Gasteiger partial charge is 0.478 e. The molecule has 1 aliphatic rings. The zero-order valence-corrected chi connectivity index (χ0v) is 15.4. The first-order chi connectivity index (χ1) is 13.5. The number of carbonyl (C=O) groups excluding carboxylic acids is 1. The van der Waals surface area contributed by atoms with Crippen molar-refractivity contribution in [1.29, 1.82) is 0 Å². The van der Waals surface area contributed by atoms with Gasteiger partial charge in [0.05, 0.1) is 29.2 Å². The Morgan fingerprint density at radius 3 is 2.50 bits per heavy atom. The van der Waals surface area contributed by atoms with Gasteiger partial charge in [-0.25, -0.2) is 9.48 Å². The Morgan fingerprint density at radius 1 is 1.14 bits per heavy atom. The van der Waals surface area contributed by atoms with Crippen molar-refractivity contribution in [2.75, 3.05) is 13.1 Å². The molecule has 28 heavy (non-hydrogen) atoms. The highest BCUT2D eigenvalue weighted by Crippen LogP contribution is 2.24. The number of aromatic carboxylic acids is 1. The first kappa shape index (κ1) is 17.9. The minimum atomic E-state index is -0.990. The summed E-state index contributed by atoms with van der Waals surface area (Å²) in [5.41, 5.74) is 2.09. The molecule has 0 saturated carbocycles. The molecule has 0 radical (unpaired) electrons. The van der Waals surface area contributed by atoms with Crippen LogP contribution in [0.15, 0.2) is 42.7 Å². The van der Waals surface area contributed by atoms with Crippen LogP contribution in [0.4, 0.5) is 0 Å². The molecule has 1 aliphatic heterocycles. The summed E-state index contributed by atoms with van der Waals surface area (Å²) in [5, 5.41) is 21.4. The lowest BCUT2D eigenvalue weighted by molar-refractivity contribution is 0.0682. The molecule has 3 aromatic rings. The van der Waals surface area contributed by atoms with Gasteiger partial charge in [0.2, 0.25) is 0 Å². The van der Waals surface area contributed by atoms with Gasteiger partial charge in [-0.1, -0.05) is 23.4 Å². The number of amides is 1. The van der Waals surface area contributed by atoms with Crippen molar-refractivity contribution in [2.24, 2.45) is 0 Å². The number of benzene rings is 1. The number of aromatic nitrogens is 5. The third-order valence-electron chi connectivity index (χ3n) is 5.07. The first-order valence-electron chi connectivity index (χ1n) is 9.09. The van der Waals surface area contributed by atoms with E-state index in [1.165, 1.54) is 6.20 Å². The van der Waals surface area contributed by atoms with Crippen molar-refractivity contribution in [3.8, 4) is 5.69 Å². The van der Waals surface area contributed by atoms with Crippen LogP contribution in [0.5, 0.6) is 0 Å². The van der Waals surface area contributed by atoms with Crippen LogP contribution in [0.3, 0.4) is 0 Å². The second-order valence-corrected chi connectivity index (χ2v) is 6.81. The second-order valence-electron chi connectivity index (χ2n) is 6.81. The second kappa shape index (κ2) is 7.26. The van der Waals surface area contributed by atoms with Gasteiger partial charge >= 0.3 is 5.97 Å². The molecule has 3 heterocycles. The van der Waals surface area contributed by atoms with Crippen molar-refractivity contribution >= 4 is 11.9 Å². The summed E-state index contributed by atoms with van der Waals surface area (Å²) in [7, 11) is 0. The third-order valence-corrected chi connectivity index (χ3v) is 5.07. The van der Waals surface area contributed by atoms with Crippen molar-refractivity contribution in [3.05, 3.63) is 59.7 Å². The van der Waals surface area contributed by atoms with E-state index in [0.717, 1.165) is 5.69 Å². The van der Waals surface area contributed by atoms with Crippen molar-refractivity contribution in [3.63, 3.8) is 0 Å². The Morgan fingerprint density at radius 2 is 1.86 bits per heavy atom. The lowest BCUT2D eigenvalue weighted by Crippen LogP contribution is -2.39. The molecule has 1 fully saturated rings. The van der Waals surface area contributed by atoms with Crippen LogP contribution >= 0.6 is 0 Å². The highest BCUT2D eigenvalue weighted by molar-refractivity contribution is 5.93. The van der Waals surface area contributed by atoms with Gasteiger partial charge in [-0.2, -0.15) is 5.10 Å². The molecule has 1 N–H and O–H groups in total. The van der Waals surface area contributed by atoms with Crippen molar-refractivity contribution in [2.45, 2.75) is 25.8 Å². The summed E-state index contributed by atoms with van der Waals surface area (Å²) in [4.78, 5) is 25.7. The summed E-state index contributed by atoms with van der Waals surface area (Å²) in [5.74, 6) is -1.12. The van der Waals surface area contributed by atoms with Crippen LogP contribution in [0.1, 0.15) is 45.4 Å². The predicted molar refractivity (Wildman–Crippen MR) is 99.5 cm³/mol. The number of carboxylic acids is 1. The van der Waals surface area contributed by atoms with E-state index in [2.05, 4.69) is 15.4 Å². The average Bonchev–Trinajstić information content (AvgIpc) is 3.36. The van der Waals surface area contributed by atoms with Crippen molar-refractivity contribution < 1.29 is 14.7 Å². The van der Waals surface area contributed by atoms with Gasteiger partial charge in [-0.15, -0.1) is 5.10 Å². The molecule has 1 amide bonds. The van der Waals surface area contributed by atoms with Gasteiger partial charge in [0.1, 0.15) is 0 Å². The number of para-hydroxylation sites is 1. The van der Waals surface area contributed by atoms with Gasteiger partial charge in [-0.3, -0.25) is 9.48 Å². The van der Waals surface area contributed by atoms with Gasteiger partial charge in [0, 0.05) is 19.3 Å². The number of hydrogen-bond donors (Lipinski definition) is 1. The summed E-state index contributed by atoms with van der Waals surface area (Å²) in [6.07, 6.45) is 4.31. The van der Waals surface area contributed by atoms with Crippen LogP contribution in [-0.2, 0) is 0 Å². The van der Waals surface area contributed by atoms with E-state index in [0.29, 0.717) is 37.3 Å². The molecule has 9 heteroatoms. The molecule has 0 bridgehead atoms. The van der Waals surface area contributed by atoms with Gasteiger partial charge < -0.3 is 10.0 Å². The molecular formula is C19H20N6O3. The van der Waals surface area contributed by atoms with Gasteiger partial charge in [0.15, 0.2) is 5.69 Å². The fourth-order valence-electron chi connectivity index (χ4n) is 3.47. The van der Waals surface area contributed by atoms with Crippen LogP contribution in [-0.4, -0.2) is 59.7 Å². The molecule has 0 spiro atoms. The molecular weight excluding hydrogens is 360 g/mol. The summed E-state index contributed by atoms with van der Waals surface area (Å²) < 4.78 is 3.35. The van der Waals surface area contributed by atoms with E-state index >= 15 is 0 Å². The lowest BCUT2D eigenvalue weighted by Gasteiger charge is -2.31. The quantitative estimate of drug-likeness (QED) is 0.741. The summed E-state index contributed by atoms with van der Waals surface area (Å²) in [6.45, 7) is 2.96. The van der Waals surface area contributed by atoms with E-state index in [9.17, 15) is 9.59 Å². The smallest absolute Gasteiger partial charge is 0.338 e. The number of nitrogens with zero attached hydrogens (tertiary/aromatic N) is 6. The topological polar surface area (TPSA) is 106 Å². The Kier molecular flexibility index (Phi) is 4.64. The minimum Gasteiger partial charge on any atom is -0.478 e. The standard InChI is InChI=1S/C19H20N6O3/c1-13-17(21-22-25(13)16-5-3-2-4-6-16)18(26)23-9-7-15(8-10-23)24-12-14(11-20-24)19(27)28/h2-6,11-12,15H,7-10H2,1H3,(H,27,28). The van der Waals surface area contributed by atoms with Crippen LogP contribution in [0.25, 0.3) is 5.69 Å². The summed E-state index contributed by atoms with van der Waals surface area (Å²) >= 11 is 0. The Balaban J connectivity index is 1.44. The maximum absolute atomic E-state index is 12.9. The number of rotatable bonds is 4. The zero-order chi connectivity index (χ0) is 19.7. The highest BCUT2D eigenvalue weighted by Gasteiger charge is 2.28. The first-order valence-corrected chi connectivity index (χ1v) is 9.09. The SMILES string of the molecule is Cc1c(C(=O)N2CCC(n3cc(C(=O)O)cn3)CC2)nnn1-c1ccccc1. The number of carboxylic acid groups (broad SMARTS) is 1. The van der Waals surface area contributed by atoms with E-state index < -0.39 is 5.97 Å². The summed E-state index contributed by atoms with van der Waals surface area (Å²) in [6, 6.07) is 9.65. The normalized spacial score (nSPS) is 15.0. The van der Waals surface area contributed by atoms with Crippen LogP contribution in [0, 0.1) is 6.92 Å². The maximum atomic E-state index is 12.9. The lowest BCUT2D eigenvalue weighted by atomic mass is 10.0. The highest BCUT2D eigenvalue weighted by atomic mass is 16.4. The van der Waals surface area contributed by atoms with E-state index in [1.807, 2.05) is 37.3 Å². The van der Waals surface area contributed by atoms with E-state index in [4.69, 9.17) is 5.11 Å². The van der Waals surface area contributed by atoms with E-state index in [-0.39, 0.29) is 17.5 Å². The molecule has 144 valence electrons. The predicted octanol–water partition coefficient (Wildman–Crippen LogP) is 1.95. The van der Waals surface area contributed by atoms with Crippen LogP contribution < -0.4 is 0 Å². The Hall–Kier alpha value is -3.49. The van der Waals surface area contributed by atoms with Crippen molar-refractivity contribution in [1.82, 2.24) is 29.7 Å². The fraction of sp³-hybridized carbons (Fsp3) is 0.316. The number of piperidine rings is 1. The third kappa shape index (κ3) is 3.26. The number of carbonyl (C=O) groups is 2.